The Labute approximate surface area is 125 Å². The molecule has 3 N–H and O–H groups in total. The molecule has 1 amide bonds. The molecule has 0 aliphatic carbocycles. The minimum absolute atomic E-state index is 0.0404. The van der Waals surface area contributed by atoms with Crippen LogP contribution in [0, 0.1) is 5.41 Å². The highest BCUT2D eigenvalue weighted by Crippen LogP contribution is 2.17. The number of hydrogen-bond donors (Lipinski definition) is 2. The Hall–Kier alpha value is -0.610. The van der Waals surface area contributed by atoms with Crippen LogP contribution in [0.25, 0.3) is 0 Å². The van der Waals surface area contributed by atoms with Crippen molar-refractivity contribution in [3.63, 3.8) is 0 Å². The van der Waals surface area contributed by atoms with E-state index in [4.69, 9.17) is 5.73 Å². The topological polar surface area (TPSA) is 58.4 Å². The molecule has 2 atom stereocenters. The Morgan fingerprint density at radius 3 is 2.30 bits per heavy atom. The van der Waals surface area contributed by atoms with Gasteiger partial charge in [0.2, 0.25) is 5.91 Å². The average molecular weight is 285 g/mol. The van der Waals surface area contributed by atoms with Crippen molar-refractivity contribution in [3.05, 3.63) is 0 Å². The van der Waals surface area contributed by atoms with Crippen molar-refractivity contribution in [2.24, 2.45) is 11.1 Å². The van der Waals surface area contributed by atoms with E-state index in [0.717, 1.165) is 32.4 Å². The number of rotatable bonds is 10. The summed E-state index contributed by atoms with van der Waals surface area (Å²) in [6.07, 6.45) is 3.16. The number of nitrogens with two attached hydrogens (primary N) is 1. The van der Waals surface area contributed by atoms with Crippen molar-refractivity contribution in [3.8, 4) is 0 Å². The molecule has 0 saturated heterocycles. The molecule has 120 valence electrons. The van der Waals surface area contributed by atoms with E-state index in [1.165, 1.54) is 0 Å². The van der Waals surface area contributed by atoms with Gasteiger partial charge < -0.3 is 11.1 Å². The van der Waals surface area contributed by atoms with E-state index in [9.17, 15) is 4.79 Å². The normalized spacial score (nSPS) is 15.2. The average Bonchev–Trinajstić information content (AvgIpc) is 2.37. The second-order valence-electron chi connectivity index (χ2n) is 6.71. The van der Waals surface area contributed by atoms with Crippen LogP contribution in [-0.2, 0) is 4.79 Å². The third kappa shape index (κ3) is 7.25. The molecule has 0 bridgehead atoms. The monoisotopic (exact) mass is 285 g/mol. The largest absolute Gasteiger partial charge is 0.352 e. The molecule has 0 heterocycles. The van der Waals surface area contributed by atoms with E-state index in [1.54, 1.807) is 0 Å². The second-order valence-corrected chi connectivity index (χ2v) is 6.71. The molecule has 0 aliphatic heterocycles. The zero-order chi connectivity index (χ0) is 15.8. The fourth-order valence-corrected chi connectivity index (χ4v) is 2.35. The fraction of sp³-hybridized carbons (Fsp3) is 0.938. The van der Waals surface area contributed by atoms with Gasteiger partial charge in [0.15, 0.2) is 0 Å². The maximum atomic E-state index is 12.3. The number of nitrogens with one attached hydrogen (secondary N) is 1. The molecule has 0 radical (unpaired) electrons. The number of hydrogen-bond acceptors (Lipinski definition) is 3. The van der Waals surface area contributed by atoms with Crippen LogP contribution in [0.3, 0.4) is 0 Å². The summed E-state index contributed by atoms with van der Waals surface area (Å²) in [5.41, 5.74) is 5.86. The number of carbonyl (C=O) groups excluding carboxylic acids is 1. The molecule has 0 aromatic carbocycles. The van der Waals surface area contributed by atoms with Crippen LogP contribution in [0.5, 0.6) is 0 Å². The van der Waals surface area contributed by atoms with Crippen LogP contribution in [0.15, 0.2) is 0 Å². The van der Waals surface area contributed by atoms with Gasteiger partial charge >= 0.3 is 0 Å². The van der Waals surface area contributed by atoms with Gasteiger partial charge in [0.25, 0.3) is 0 Å². The van der Waals surface area contributed by atoms with Gasteiger partial charge in [-0.25, -0.2) is 0 Å². The summed E-state index contributed by atoms with van der Waals surface area (Å²) in [6.45, 7) is 15.1. The maximum Gasteiger partial charge on any atom is 0.237 e. The lowest BCUT2D eigenvalue weighted by Gasteiger charge is -2.35. The van der Waals surface area contributed by atoms with Crippen molar-refractivity contribution in [1.82, 2.24) is 10.2 Å². The summed E-state index contributed by atoms with van der Waals surface area (Å²) in [5, 5.41) is 3.11. The summed E-state index contributed by atoms with van der Waals surface area (Å²) >= 11 is 0. The molecule has 0 saturated carbocycles. The number of carbonyl (C=O) groups is 1. The zero-order valence-electron chi connectivity index (χ0n) is 14.3. The minimum atomic E-state index is -0.0971. The van der Waals surface area contributed by atoms with E-state index >= 15 is 0 Å². The molecule has 0 aromatic heterocycles. The molecule has 4 nitrogen and oxygen atoms in total. The van der Waals surface area contributed by atoms with Crippen molar-refractivity contribution < 1.29 is 4.79 Å². The first-order chi connectivity index (χ1) is 9.27. The first-order valence-electron chi connectivity index (χ1n) is 8.01. The summed E-state index contributed by atoms with van der Waals surface area (Å²) in [7, 11) is 0. The molecule has 4 heteroatoms. The van der Waals surface area contributed by atoms with Gasteiger partial charge in [0.1, 0.15) is 0 Å². The molecule has 0 fully saturated rings. The summed E-state index contributed by atoms with van der Waals surface area (Å²) < 4.78 is 0. The third-order valence-corrected chi connectivity index (χ3v) is 3.73. The van der Waals surface area contributed by atoms with Crippen LogP contribution in [0.1, 0.15) is 60.8 Å². The maximum absolute atomic E-state index is 12.3. The smallest absolute Gasteiger partial charge is 0.237 e. The molecule has 2 unspecified atom stereocenters. The van der Waals surface area contributed by atoms with E-state index in [0.29, 0.717) is 6.54 Å². The highest BCUT2D eigenvalue weighted by Gasteiger charge is 2.27. The predicted octanol–water partition coefficient (Wildman–Crippen LogP) is 2.38. The number of amides is 1. The summed E-state index contributed by atoms with van der Waals surface area (Å²) in [6, 6.07) is 0.154. The van der Waals surface area contributed by atoms with Gasteiger partial charge in [-0.1, -0.05) is 34.1 Å². The van der Waals surface area contributed by atoms with Crippen LogP contribution >= 0.6 is 0 Å². The van der Waals surface area contributed by atoms with Crippen molar-refractivity contribution in [1.29, 1.82) is 0 Å². The zero-order valence-corrected chi connectivity index (χ0v) is 14.3. The van der Waals surface area contributed by atoms with Gasteiger partial charge in [0.05, 0.1) is 6.04 Å². The van der Waals surface area contributed by atoms with Crippen LogP contribution in [-0.4, -0.2) is 42.5 Å². The van der Waals surface area contributed by atoms with E-state index < -0.39 is 0 Å². The molecule has 0 rings (SSSR count). The first-order valence-corrected chi connectivity index (χ1v) is 8.01. The highest BCUT2D eigenvalue weighted by molar-refractivity contribution is 5.81. The molecular formula is C16H35N3O. The first kappa shape index (κ1) is 19.4. The standard InChI is InChI=1S/C16H35N3O/c1-7-9-13(3)18-15(20)14(4)19(10-8-2)12-16(5,6)11-17/h13-14H,7-12,17H2,1-6H3,(H,18,20). The molecule has 0 aliphatic rings. The van der Waals surface area contributed by atoms with E-state index in [2.05, 4.69) is 44.8 Å². The van der Waals surface area contributed by atoms with Crippen molar-refractivity contribution in [2.75, 3.05) is 19.6 Å². The Balaban J connectivity index is 4.62. The lowest BCUT2D eigenvalue weighted by atomic mass is 9.92. The lowest BCUT2D eigenvalue weighted by molar-refractivity contribution is -0.127. The minimum Gasteiger partial charge on any atom is -0.352 e. The van der Waals surface area contributed by atoms with Gasteiger partial charge in [-0.2, -0.15) is 0 Å². The SMILES string of the molecule is CCCC(C)NC(=O)C(C)N(CCC)CC(C)(C)CN. The third-order valence-electron chi connectivity index (χ3n) is 3.73. The molecule has 0 spiro atoms. The lowest BCUT2D eigenvalue weighted by Crippen LogP contribution is -2.51. The molecule has 0 aromatic rings. The predicted molar refractivity (Wildman–Crippen MR) is 86.7 cm³/mol. The van der Waals surface area contributed by atoms with E-state index in [-0.39, 0.29) is 23.4 Å². The Morgan fingerprint density at radius 2 is 1.85 bits per heavy atom. The van der Waals surface area contributed by atoms with Crippen LogP contribution < -0.4 is 11.1 Å². The quantitative estimate of drug-likeness (QED) is 0.648. The van der Waals surface area contributed by atoms with Gasteiger partial charge in [-0.15, -0.1) is 0 Å². The molecule has 20 heavy (non-hydrogen) atoms. The Kier molecular flexibility index (Phi) is 9.06. The Morgan fingerprint density at radius 1 is 1.25 bits per heavy atom. The van der Waals surface area contributed by atoms with Gasteiger partial charge in [-0.3, -0.25) is 9.69 Å². The highest BCUT2D eigenvalue weighted by atomic mass is 16.2. The number of nitrogens with zero attached hydrogens (tertiary/aromatic N) is 1. The summed E-state index contributed by atoms with van der Waals surface area (Å²) in [5.74, 6) is 0.132. The van der Waals surface area contributed by atoms with Gasteiger partial charge in [-0.05, 0) is 45.2 Å². The van der Waals surface area contributed by atoms with Crippen molar-refractivity contribution >= 4 is 5.91 Å². The van der Waals surface area contributed by atoms with Crippen LogP contribution in [0.2, 0.25) is 0 Å². The Bertz CT molecular complexity index is 279. The second kappa shape index (κ2) is 9.35. The molecular weight excluding hydrogens is 250 g/mol. The summed E-state index contributed by atoms with van der Waals surface area (Å²) in [4.78, 5) is 14.6. The van der Waals surface area contributed by atoms with Crippen LogP contribution in [0.4, 0.5) is 0 Å². The van der Waals surface area contributed by atoms with Gasteiger partial charge in [0, 0.05) is 12.6 Å². The van der Waals surface area contributed by atoms with E-state index in [1.807, 2.05) is 6.92 Å². The van der Waals surface area contributed by atoms with Crippen molar-refractivity contribution in [2.45, 2.75) is 72.9 Å². The fourth-order valence-electron chi connectivity index (χ4n) is 2.35.